The van der Waals surface area contributed by atoms with Crippen LogP contribution in [0.4, 0.5) is 17.1 Å². The van der Waals surface area contributed by atoms with Crippen LogP contribution in [0.15, 0.2) is 212 Å². The van der Waals surface area contributed by atoms with Crippen LogP contribution in [0.3, 0.4) is 0 Å². The second-order valence-electron chi connectivity index (χ2n) is 15.8. The molecule has 1 aromatic heterocycles. The zero-order valence-corrected chi connectivity index (χ0v) is 33.9. The van der Waals surface area contributed by atoms with E-state index in [0.717, 1.165) is 17.1 Å². The molecule has 280 valence electrons. The van der Waals surface area contributed by atoms with Crippen molar-refractivity contribution in [3.63, 3.8) is 0 Å². The summed E-state index contributed by atoms with van der Waals surface area (Å²) >= 11 is 1.86. The highest BCUT2D eigenvalue weighted by atomic mass is 32.1. The Kier molecular flexibility index (Phi) is 8.43. The van der Waals surface area contributed by atoms with Crippen LogP contribution in [-0.4, -0.2) is 0 Å². The molecule has 0 saturated carbocycles. The highest BCUT2D eigenvalue weighted by molar-refractivity contribution is 7.25. The smallest absolute Gasteiger partial charge is 0.0714 e. The lowest BCUT2D eigenvalue weighted by Crippen LogP contribution is -2.29. The van der Waals surface area contributed by atoms with E-state index in [4.69, 9.17) is 0 Å². The van der Waals surface area contributed by atoms with Gasteiger partial charge >= 0.3 is 0 Å². The Balaban J connectivity index is 1.17. The van der Waals surface area contributed by atoms with Gasteiger partial charge in [-0.3, -0.25) is 0 Å². The van der Waals surface area contributed by atoms with E-state index in [2.05, 4.69) is 231 Å². The molecular formula is C57H41NS. The Morgan fingerprint density at radius 2 is 0.915 bits per heavy atom. The third-order valence-corrected chi connectivity index (χ3v) is 13.5. The summed E-state index contributed by atoms with van der Waals surface area (Å²) in [6, 6.07) is 79.0. The monoisotopic (exact) mass is 771 g/mol. The molecule has 0 N–H and O–H groups in total. The van der Waals surface area contributed by atoms with Crippen LogP contribution in [0.2, 0.25) is 0 Å². The van der Waals surface area contributed by atoms with E-state index >= 15 is 0 Å². The summed E-state index contributed by atoms with van der Waals surface area (Å²) in [6.07, 6.45) is 0. The average molecular weight is 772 g/mol. The van der Waals surface area contributed by atoms with Crippen LogP contribution in [0.5, 0.6) is 0 Å². The van der Waals surface area contributed by atoms with Crippen molar-refractivity contribution in [1.29, 1.82) is 0 Å². The predicted molar refractivity (Wildman–Crippen MR) is 252 cm³/mol. The van der Waals surface area contributed by atoms with Gasteiger partial charge in [-0.25, -0.2) is 0 Å². The van der Waals surface area contributed by atoms with Gasteiger partial charge in [-0.1, -0.05) is 181 Å². The second-order valence-corrected chi connectivity index (χ2v) is 16.9. The van der Waals surface area contributed by atoms with E-state index in [-0.39, 0.29) is 0 Å². The summed E-state index contributed by atoms with van der Waals surface area (Å²) in [5.74, 6) is 0. The molecule has 1 nitrogen and oxygen atoms in total. The van der Waals surface area contributed by atoms with Gasteiger partial charge in [0.25, 0.3) is 0 Å². The molecule has 0 aliphatic heterocycles. The van der Waals surface area contributed by atoms with Gasteiger partial charge in [0.15, 0.2) is 0 Å². The first kappa shape index (κ1) is 35.2. The largest absolute Gasteiger partial charge is 0.310 e. The first-order chi connectivity index (χ1) is 29.1. The lowest BCUT2D eigenvalue weighted by Gasteiger charge is -2.35. The maximum absolute atomic E-state index is 2.49. The quantitative estimate of drug-likeness (QED) is 0.156. The average Bonchev–Trinajstić information content (AvgIpc) is 3.81. The van der Waals surface area contributed by atoms with Gasteiger partial charge in [-0.05, 0) is 106 Å². The molecule has 10 aromatic rings. The van der Waals surface area contributed by atoms with Crippen molar-refractivity contribution in [2.75, 3.05) is 4.90 Å². The third kappa shape index (κ3) is 5.74. The number of rotatable bonds is 7. The van der Waals surface area contributed by atoms with Crippen molar-refractivity contribution < 1.29 is 0 Å². The molecule has 59 heavy (non-hydrogen) atoms. The van der Waals surface area contributed by atoms with E-state index in [0.29, 0.717) is 0 Å². The van der Waals surface area contributed by atoms with Crippen LogP contribution in [-0.2, 0) is 5.41 Å². The van der Waals surface area contributed by atoms with E-state index < -0.39 is 5.41 Å². The summed E-state index contributed by atoms with van der Waals surface area (Å²) in [7, 11) is 0. The van der Waals surface area contributed by atoms with E-state index in [9.17, 15) is 0 Å². The summed E-state index contributed by atoms with van der Waals surface area (Å²) in [5.41, 5.74) is 17.8. The van der Waals surface area contributed by atoms with Crippen molar-refractivity contribution in [2.24, 2.45) is 0 Å². The highest BCUT2D eigenvalue weighted by Crippen LogP contribution is 2.57. The SMILES string of the molecule is Cc1ccc(C2(c3ccc(C)cc3)c3ccccc3-c3ccc(N(c4ccc5sc6ccccc6c5c4)c4ccccc4-c4ccc(-c5ccccc5)cc4)cc32)cc1. The minimum atomic E-state index is -0.519. The molecule has 9 aromatic carbocycles. The number of para-hydroxylation sites is 1. The highest BCUT2D eigenvalue weighted by Gasteiger charge is 2.46. The minimum Gasteiger partial charge on any atom is -0.310 e. The lowest BCUT2D eigenvalue weighted by atomic mass is 9.67. The molecule has 0 radical (unpaired) electrons. The van der Waals surface area contributed by atoms with Gasteiger partial charge in [0.1, 0.15) is 0 Å². The maximum atomic E-state index is 2.49. The van der Waals surface area contributed by atoms with Gasteiger partial charge in [-0.15, -0.1) is 11.3 Å². The summed E-state index contributed by atoms with van der Waals surface area (Å²) in [6.45, 7) is 4.35. The first-order valence-electron chi connectivity index (χ1n) is 20.4. The number of fused-ring (bicyclic) bond motifs is 6. The maximum Gasteiger partial charge on any atom is 0.0714 e. The topological polar surface area (TPSA) is 3.24 Å². The number of hydrogen-bond acceptors (Lipinski definition) is 2. The molecule has 0 saturated heterocycles. The van der Waals surface area contributed by atoms with Gasteiger partial charge in [0.05, 0.1) is 11.1 Å². The molecule has 11 rings (SSSR count). The Labute approximate surface area is 350 Å². The van der Waals surface area contributed by atoms with Crippen molar-refractivity contribution in [3.8, 4) is 33.4 Å². The van der Waals surface area contributed by atoms with Gasteiger partial charge in [0.2, 0.25) is 0 Å². The molecule has 1 aliphatic rings. The molecule has 0 amide bonds. The second kappa shape index (κ2) is 14.1. The molecule has 0 unspecified atom stereocenters. The Hall–Kier alpha value is -7.00. The van der Waals surface area contributed by atoms with E-state index in [1.807, 2.05) is 11.3 Å². The molecule has 0 fully saturated rings. The summed E-state index contributed by atoms with van der Waals surface area (Å²) < 4.78 is 2.60. The van der Waals surface area contributed by atoms with Gasteiger partial charge in [-0.2, -0.15) is 0 Å². The standard InChI is InChI=1S/C57H41NS/c1-38-20-28-43(29-21-38)57(44-30-22-39(2)23-31-44)52-17-9-6-15-48(52)49-34-32-46(37-53(49)57)58(45-33-35-56-51(36-45)50-16-8-11-19-55(50)59-56)54-18-10-7-14-47(54)42-26-24-41(25-27-42)40-12-4-3-5-13-40/h3-37H,1-2H3. The number of nitrogens with zero attached hydrogens (tertiary/aromatic N) is 1. The molecule has 0 bridgehead atoms. The number of hydrogen-bond donors (Lipinski definition) is 0. The van der Waals surface area contributed by atoms with Gasteiger partial charge in [0, 0.05) is 37.1 Å². The summed E-state index contributed by atoms with van der Waals surface area (Å²) in [4.78, 5) is 2.49. The van der Waals surface area contributed by atoms with Crippen LogP contribution in [0.1, 0.15) is 33.4 Å². The minimum absolute atomic E-state index is 0.519. The summed E-state index contributed by atoms with van der Waals surface area (Å²) in [5, 5.41) is 2.57. The van der Waals surface area contributed by atoms with E-state index in [1.165, 1.54) is 86.9 Å². The number of aryl methyl sites for hydroxylation is 2. The van der Waals surface area contributed by atoms with Crippen molar-refractivity contribution in [2.45, 2.75) is 19.3 Å². The molecule has 0 spiro atoms. The third-order valence-electron chi connectivity index (χ3n) is 12.3. The molecular weight excluding hydrogens is 731 g/mol. The van der Waals surface area contributed by atoms with Crippen molar-refractivity contribution >= 4 is 48.6 Å². The van der Waals surface area contributed by atoms with Crippen LogP contribution in [0, 0.1) is 13.8 Å². The van der Waals surface area contributed by atoms with Crippen LogP contribution in [0.25, 0.3) is 53.6 Å². The predicted octanol–water partition coefficient (Wildman–Crippen LogP) is 15.8. The number of thiophene rings is 1. The fourth-order valence-electron chi connectivity index (χ4n) is 9.47. The number of anilines is 3. The Morgan fingerprint density at radius 3 is 1.66 bits per heavy atom. The number of benzene rings is 9. The van der Waals surface area contributed by atoms with Crippen LogP contribution >= 0.6 is 11.3 Å². The van der Waals surface area contributed by atoms with Crippen LogP contribution < -0.4 is 4.90 Å². The zero-order chi connectivity index (χ0) is 39.5. The zero-order valence-electron chi connectivity index (χ0n) is 33.1. The molecule has 1 heterocycles. The molecule has 0 atom stereocenters. The Morgan fingerprint density at radius 1 is 0.373 bits per heavy atom. The Bertz CT molecular complexity index is 3110. The first-order valence-corrected chi connectivity index (χ1v) is 21.2. The molecule has 1 aliphatic carbocycles. The van der Waals surface area contributed by atoms with E-state index in [1.54, 1.807) is 0 Å². The molecule has 2 heteroatoms. The lowest BCUT2D eigenvalue weighted by molar-refractivity contribution is 0.767. The normalized spacial score (nSPS) is 12.7. The van der Waals surface area contributed by atoms with Gasteiger partial charge < -0.3 is 4.90 Å². The fourth-order valence-corrected chi connectivity index (χ4v) is 10.6. The fraction of sp³-hybridized carbons (Fsp3) is 0.0526. The van der Waals surface area contributed by atoms with Crippen molar-refractivity contribution in [3.05, 3.63) is 246 Å². The van der Waals surface area contributed by atoms with Crippen molar-refractivity contribution in [1.82, 2.24) is 0 Å².